The second kappa shape index (κ2) is 5.05. The molecule has 0 aliphatic heterocycles. The van der Waals surface area contributed by atoms with Crippen LogP contribution < -0.4 is 11.5 Å². The van der Waals surface area contributed by atoms with Gasteiger partial charge in [-0.05, 0) is 18.8 Å². The number of nitrogens with two attached hydrogens (primary N) is 2. The summed E-state index contributed by atoms with van der Waals surface area (Å²) in [7, 11) is 0. The molecule has 1 saturated carbocycles. The molecule has 3 aliphatic rings. The van der Waals surface area contributed by atoms with Crippen molar-refractivity contribution in [2.24, 2.45) is 22.8 Å². The summed E-state index contributed by atoms with van der Waals surface area (Å²) in [4.78, 5) is 22.6. The van der Waals surface area contributed by atoms with Crippen molar-refractivity contribution in [1.82, 2.24) is 0 Å². The zero-order valence-corrected chi connectivity index (χ0v) is 11.0. The Balaban J connectivity index is 0.00000144. The maximum atomic E-state index is 11.3. The first-order valence-electron chi connectivity index (χ1n) is 5.07. The Morgan fingerprint density at radius 3 is 2.06 bits per heavy atom. The summed E-state index contributed by atoms with van der Waals surface area (Å²) in [6.45, 7) is 0. The molecule has 6 N–H and O–H groups in total. The van der Waals surface area contributed by atoms with Gasteiger partial charge in [0.1, 0.15) is 11.0 Å². The van der Waals surface area contributed by atoms with Crippen LogP contribution in [0.5, 0.6) is 0 Å². The molecule has 0 aromatic carbocycles. The number of halogens is 2. The summed E-state index contributed by atoms with van der Waals surface area (Å²) in [6, 6.07) is -0.861. The molecule has 0 saturated heterocycles. The van der Waals surface area contributed by atoms with Crippen molar-refractivity contribution in [3.05, 3.63) is 12.2 Å². The normalized spacial score (nSPS) is 40.6. The van der Waals surface area contributed by atoms with Gasteiger partial charge in [0.05, 0.1) is 0 Å². The van der Waals surface area contributed by atoms with Gasteiger partial charge < -0.3 is 21.7 Å². The van der Waals surface area contributed by atoms with Crippen LogP contribution in [0.4, 0.5) is 0 Å². The molecule has 0 aromatic heterocycles. The van der Waals surface area contributed by atoms with Crippen LogP contribution in [0.25, 0.3) is 0 Å². The van der Waals surface area contributed by atoms with Gasteiger partial charge in [0.15, 0.2) is 0 Å². The molecule has 1 fully saturated rings. The number of hydrogen-bond acceptors (Lipinski definition) is 4. The summed E-state index contributed by atoms with van der Waals surface area (Å²) in [5.41, 5.74) is 8.12. The van der Waals surface area contributed by atoms with Crippen LogP contribution in [-0.4, -0.2) is 33.7 Å². The molecule has 0 radical (unpaired) electrons. The second-order valence-electron chi connectivity index (χ2n) is 4.54. The summed E-state index contributed by atoms with van der Waals surface area (Å²) >= 11 is 0. The number of aliphatic carboxylic acids is 2. The van der Waals surface area contributed by atoms with E-state index in [1.165, 1.54) is 6.08 Å². The third-order valence-corrected chi connectivity index (χ3v) is 3.96. The molecule has 8 heteroatoms. The Morgan fingerprint density at radius 2 is 1.78 bits per heavy atom. The number of rotatable bonds is 2. The lowest BCUT2D eigenvalue weighted by Crippen LogP contribution is -2.77. The molecular formula is C10H16Cl2N2O4. The third kappa shape index (κ3) is 1.72. The number of hydrogen-bond donors (Lipinski definition) is 4. The van der Waals surface area contributed by atoms with Gasteiger partial charge in [-0.25, -0.2) is 0 Å². The van der Waals surface area contributed by atoms with E-state index >= 15 is 0 Å². The number of fused-ring (bicyclic) bond motifs is 2. The zero-order valence-electron chi connectivity index (χ0n) is 9.41. The van der Waals surface area contributed by atoms with Crippen LogP contribution in [0, 0.1) is 11.3 Å². The number of carboxylic acids is 2. The number of carbonyl (C=O) groups is 2. The van der Waals surface area contributed by atoms with E-state index in [0.29, 0.717) is 6.42 Å². The van der Waals surface area contributed by atoms with Crippen molar-refractivity contribution in [2.45, 2.75) is 24.4 Å². The Kier molecular flexibility index (Phi) is 4.82. The largest absolute Gasteiger partial charge is 0.481 e. The molecule has 4 atom stereocenters. The molecule has 3 rings (SSSR count). The predicted molar refractivity (Wildman–Crippen MR) is 69.0 cm³/mol. The molecule has 0 spiro atoms. The molecule has 0 amide bonds. The standard InChI is InChI=1S/C10H14N2O4.2ClH/c11-6-5-1-3-9(4-2-5,7(13)14)10(6,12)8(15)16;;/h1,3,5-6H,2,4,11-12H2,(H,13,14)(H,15,16);2*1H. The van der Waals surface area contributed by atoms with Crippen LogP contribution in [0.3, 0.4) is 0 Å². The third-order valence-electron chi connectivity index (χ3n) is 3.96. The van der Waals surface area contributed by atoms with Crippen LogP contribution in [0.1, 0.15) is 12.8 Å². The van der Waals surface area contributed by atoms with Crippen LogP contribution >= 0.6 is 24.8 Å². The smallest absolute Gasteiger partial charge is 0.326 e. The van der Waals surface area contributed by atoms with Gasteiger partial charge in [0, 0.05) is 6.04 Å². The minimum absolute atomic E-state index is 0. The van der Waals surface area contributed by atoms with E-state index in [-0.39, 0.29) is 37.2 Å². The Bertz CT molecular complexity index is 403. The minimum atomic E-state index is -1.92. The molecule has 18 heavy (non-hydrogen) atoms. The average molecular weight is 299 g/mol. The van der Waals surface area contributed by atoms with Crippen molar-refractivity contribution >= 4 is 36.8 Å². The maximum absolute atomic E-state index is 11.3. The first-order chi connectivity index (χ1) is 7.36. The molecule has 104 valence electrons. The highest BCUT2D eigenvalue weighted by Gasteiger charge is 2.66. The van der Waals surface area contributed by atoms with Crippen LogP contribution in [0.15, 0.2) is 12.2 Å². The molecule has 0 aromatic rings. The molecule has 2 bridgehead atoms. The lowest BCUT2D eigenvalue weighted by molar-refractivity contribution is -0.167. The van der Waals surface area contributed by atoms with E-state index in [4.69, 9.17) is 11.5 Å². The lowest BCUT2D eigenvalue weighted by Gasteiger charge is -2.53. The lowest BCUT2D eigenvalue weighted by atomic mass is 9.52. The van der Waals surface area contributed by atoms with Crippen molar-refractivity contribution in [1.29, 1.82) is 0 Å². The van der Waals surface area contributed by atoms with E-state index in [1.807, 2.05) is 0 Å². The quantitative estimate of drug-likeness (QED) is 0.531. The highest BCUT2D eigenvalue weighted by Crippen LogP contribution is 2.50. The summed E-state index contributed by atoms with van der Waals surface area (Å²) in [5, 5.41) is 18.5. The topological polar surface area (TPSA) is 127 Å². The molecule has 3 aliphatic carbocycles. The van der Waals surface area contributed by atoms with Gasteiger partial charge in [0.2, 0.25) is 0 Å². The molecule has 4 unspecified atom stereocenters. The van der Waals surface area contributed by atoms with Gasteiger partial charge in [-0.15, -0.1) is 24.8 Å². The molecular weight excluding hydrogens is 283 g/mol. The Morgan fingerprint density at radius 1 is 1.22 bits per heavy atom. The maximum Gasteiger partial charge on any atom is 0.326 e. The average Bonchev–Trinajstić information content (AvgIpc) is 2.25. The Hall–Kier alpha value is -0.820. The van der Waals surface area contributed by atoms with E-state index in [0.717, 1.165) is 0 Å². The van der Waals surface area contributed by atoms with E-state index in [2.05, 4.69) is 0 Å². The van der Waals surface area contributed by atoms with E-state index in [1.54, 1.807) is 6.08 Å². The van der Waals surface area contributed by atoms with Crippen LogP contribution in [0.2, 0.25) is 0 Å². The van der Waals surface area contributed by atoms with Crippen molar-refractivity contribution < 1.29 is 19.8 Å². The highest BCUT2D eigenvalue weighted by atomic mass is 35.5. The van der Waals surface area contributed by atoms with Gasteiger partial charge in [-0.3, -0.25) is 9.59 Å². The minimum Gasteiger partial charge on any atom is -0.481 e. The summed E-state index contributed by atoms with van der Waals surface area (Å²) in [5.74, 6) is -2.72. The highest BCUT2D eigenvalue weighted by molar-refractivity contribution is 5.93. The Labute approximate surface area is 116 Å². The van der Waals surface area contributed by atoms with Crippen molar-refractivity contribution in [3.63, 3.8) is 0 Å². The number of carboxylic acid groups (broad SMARTS) is 2. The van der Waals surface area contributed by atoms with Crippen molar-refractivity contribution in [3.8, 4) is 0 Å². The summed E-state index contributed by atoms with van der Waals surface area (Å²) < 4.78 is 0. The predicted octanol–water partition coefficient (Wildman–Crippen LogP) is -0.00980. The van der Waals surface area contributed by atoms with Gasteiger partial charge in [0.25, 0.3) is 0 Å². The fraction of sp³-hybridized carbons (Fsp3) is 0.600. The second-order valence-corrected chi connectivity index (χ2v) is 4.54. The monoisotopic (exact) mass is 298 g/mol. The SMILES string of the molecule is Cl.Cl.NC1C2C=CC(C(=O)O)(CC2)C1(N)C(=O)O. The van der Waals surface area contributed by atoms with Gasteiger partial charge in [-0.2, -0.15) is 0 Å². The van der Waals surface area contributed by atoms with Crippen molar-refractivity contribution in [2.75, 3.05) is 0 Å². The fourth-order valence-corrected chi connectivity index (χ4v) is 2.83. The fourth-order valence-electron chi connectivity index (χ4n) is 2.83. The molecule has 0 heterocycles. The van der Waals surface area contributed by atoms with Crippen LogP contribution in [-0.2, 0) is 9.59 Å². The first-order valence-corrected chi connectivity index (χ1v) is 5.07. The zero-order chi connectivity index (χ0) is 12.1. The van der Waals surface area contributed by atoms with Gasteiger partial charge in [-0.1, -0.05) is 12.2 Å². The molecule has 6 nitrogen and oxygen atoms in total. The van der Waals surface area contributed by atoms with E-state index < -0.39 is 28.9 Å². The van der Waals surface area contributed by atoms with E-state index in [9.17, 15) is 19.8 Å². The van der Waals surface area contributed by atoms with Gasteiger partial charge >= 0.3 is 11.9 Å². The first kappa shape index (κ1) is 17.2. The summed E-state index contributed by atoms with van der Waals surface area (Å²) in [6.07, 6.45) is 3.87.